The molecule has 0 unspecified atom stereocenters. The molecule has 1 aliphatic rings. The van der Waals surface area contributed by atoms with Crippen molar-refractivity contribution in [2.75, 3.05) is 13.1 Å². The van der Waals surface area contributed by atoms with E-state index in [-0.39, 0.29) is 24.9 Å². The van der Waals surface area contributed by atoms with Crippen molar-refractivity contribution in [2.45, 2.75) is 6.92 Å². The molecule has 0 aromatic heterocycles. The summed E-state index contributed by atoms with van der Waals surface area (Å²) >= 11 is 0. The summed E-state index contributed by atoms with van der Waals surface area (Å²) in [7, 11) is 0. The number of hydrogen-bond donors (Lipinski definition) is 3. The van der Waals surface area contributed by atoms with Gasteiger partial charge in [0.25, 0.3) is 5.97 Å². The van der Waals surface area contributed by atoms with Crippen LogP contribution in [0.1, 0.15) is 6.92 Å². The predicted octanol–water partition coefficient (Wildman–Crippen LogP) is -1.68. The van der Waals surface area contributed by atoms with Gasteiger partial charge in [-0.2, -0.15) is 0 Å². The standard InChI is InChI=1S/C4H6N2O2.C2H4O2/c7-3-1-5-4(8)2-6-3;1-2(3)4/h1-2H2,(H,5,8)(H,6,7);1H3,(H,3,4). The second-order valence-corrected chi connectivity index (χ2v) is 2.07. The van der Waals surface area contributed by atoms with E-state index in [1.54, 1.807) is 0 Å². The molecule has 6 heteroatoms. The van der Waals surface area contributed by atoms with Gasteiger partial charge in [0.2, 0.25) is 11.8 Å². The van der Waals surface area contributed by atoms with Gasteiger partial charge in [-0.25, -0.2) is 0 Å². The maximum absolute atomic E-state index is 10.3. The number of carboxylic acids is 1. The molecule has 0 aromatic carbocycles. The molecule has 2 amide bonds. The highest BCUT2D eigenvalue weighted by Crippen LogP contribution is 1.72. The third-order valence-corrected chi connectivity index (χ3v) is 0.892. The minimum absolute atomic E-state index is 0.121. The predicted molar refractivity (Wildman–Crippen MR) is 39.3 cm³/mol. The molecular formula is C6H10N2O4. The van der Waals surface area contributed by atoms with Crippen molar-refractivity contribution in [3.05, 3.63) is 0 Å². The zero-order valence-corrected chi connectivity index (χ0v) is 6.59. The molecule has 1 fully saturated rings. The molecule has 6 nitrogen and oxygen atoms in total. The Labute approximate surface area is 68.9 Å². The highest BCUT2D eigenvalue weighted by molar-refractivity contribution is 5.92. The van der Waals surface area contributed by atoms with E-state index in [0.717, 1.165) is 6.92 Å². The largest absolute Gasteiger partial charge is 0.481 e. The molecule has 0 aliphatic carbocycles. The fourth-order valence-electron chi connectivity index (χ4n) is 0.483. The second-order valence-electron chi connectivity index (χ2n) is 2.07. The van der Waals surface area contributed by atoms with Gasteiger partial charge < -0.3 is 15.7 Å². The first-order valence-electron chi connectivity index (χ1n) is 3.25. The van der Waals surface area contributed by atoms with E-state index in [1.807, 2.05) is 0 Å². The Morgan fingerprint density at radius 1 is 1.25 bits per heavy atom. The summed E-state index contributed by atoms with van der Waals surface area (Å²) in [5, 5.41) is 12.2. The van der Waals surface area contributed by atoms with Crippen LogP contribution in [0.4, 0.5) is 0 Å². The summed E-state index contributed by atoms with van der Waals surface area (Å²) in [6.07, 6.45) is 0. The quantitative estimate of drug-likeness (QED) is 0.409. The van der Waals surface area contributed by atoms with Gasteiger partial charge in [-0.1, -0.05) is 0 Å². The second kappa shape index (κ2) is 5.11. The first-order chi connectivity index (χ1) is 5.52. The van der Waals surface area contributed by atoms with Crippen LogP contribution in [0.3, 0.4) is 0 Å². The lowest BCUT2D eigenvalue weighted by molar-refractivity contribution is -0.134. The van der Waals surface area contributed by atoms with Gasteiger partial charge in [0.05, 0.1) is 13.1 Å². The lowest BCUT2D eigenvalue weighted by atomic mass is 10.4. The van der Waals surface area contributed by atoms with E-state index in [0.29, 0.717) is 0 Å². The first kappa shape index (κ1) is 10.4. The summed E-state index contributed by atoms with van der Waals surface area (Å²) < 4.78 is 0. The van der Waals surface area contributed by atoms with Crippen LogP contribution < -0.4 is 10.6 Å². The van der Waals surface area contributed by atoms with Crippen molar-refractivity contribution < 1.29 is 19.5 Å². The average Bonchev–Trinajstić information content (AvgIpc) is 1.94. The highest BCUT2D eigenvalue weighted by Gasteiger charge is 2.11. The van der Waals surface area contributed by atoms with E-state index in [2.05, 4.69) is 10.6 Å². The maximum atomic E-state index is 10.3. The maximum Gasteiger partial charge on any atom is 0.300 e. The number of carbonyl (C=O) groups is 3. The van der Waals surface area contributed by atoms with Crippen molar-refractivity contribution in [2.24, 2.45) is 0 Å². The normalized spacial score (nSPS) is 15.1. The van der Waals surface area contributed by atoms with Crippen molar-refractivity contribution in [3.63, 3.8) is 0 Å². The summed E-state index contributed by atoms with van der Waals surface area (Å²) in [5.41, 5.74) is 0. The van der Waals surface area contributed by atoms with Crippen LogP contribution in [0.5, 0.6) is 0 Å². The van der Waals surface area contributed by atoms with Crippen LogP contribution in [0, 0.1) is 0 Å². The Morgan fingerprint density at radius 3 is 1.67 bits per heavy atom. The average molecular weight is 174 g/mol. The molecule has 1 aliphatic heterocycles. The summed E-state index contributed by atoms with van der Waals surface area (Å²) in [6.45, 7) is 1.33. The molecule has 0 radical (unpaired) electrons. The third-order valence-electron chi connectivity index (χ3n) is 0.892. The van der Waals surface area contributed by atoms with Crippen LogP contribution >= 0.6 is 0 Å². The molecular weight excluding hydrogens is 164 g/mol. The molecule has 0 atom stereocenters. The smallest absolute Gasteiger partial charge is 0.300 e. The molecule has 1 rings (SSSR count). The Bertz CT molecular complexity index is 170. The van der Waals surface area contributed by atoms with Gasteiger partial charge in [0.15, 0.2) is 0 Å². The number of rotatable bonds is 0. The van der Waals surface area contributed by atoms with Gasteiger partial charge in [-0.3, -0.25) is 14.4 Å². The number of nitrogens with one attached hydrogen (secondary N) is 2. The van der Waals surface area contributed by atoms with Crippen LogP contribution in [0.25, 0.3) is 0 Å². The zero-order valence-electron chi connectivity index (χ0n) is 6.59. The molecule has 0 bridgehead atoms. The SMILES string of the molecule is CC(=O)O.O=C1CNC(=O)CN1. The van der Waals surface area contributed by atoms with Crippen LogP contribution in [-0.4, -0.2) is 36.0 Å². The lowest BCUT2D eigenvalue weighted by Gasteiger charge is -2.10. The fraction of sp³-hybridized carbons (Fsp3) is 0.500. The first-order valence-corrected chi connectivity index (χ1v) is 3.25. The summed E-state index contributed by atoms with van der Waals surface area (Å²) in [5.74, 6) is -1.07. The van der Waals surface area contributed by atoms with Crippen molar-refractivity contribution in [1.82, 2.24) is 10.6 Å². The zero-order chi connectivity index (χ0) is 9.56. The van der Waals surface area contributed by atoms with Crippen molar-refractivity contribution >= 4 is 17.8 Å². The topological polar surface area (TPSA) is 95.5 Å². The van der Waals surface area contributed by atoms with Crippen LogP contribution in [0.15, 0.2) is 0 Å². The van der Waals surface area contributed by atoms with Crippen molar-refractivity contribution in [3.8, 4) is 0 Å². The third kappa shape index (κ3) is 6.53. The molecule has 1 saturated heterocycles. The fourth-order valence-corrected chi connectivity index (χ4v) is 0.483. The Hall–Kier alpha value is -1.59. The number of piperazine rings is 1. The van der Waals surface area contributed by atoms with E-state index in [9.17, 15) is 9.59 Å². The Kier molecular flexibility index (Phi) is 4.43. The minimum atomic E-state index is -0.833. The summed E-state index contributed by atoms with van der Waals surface area (Å²) in [6, 6.07) is 0. The Balaban J connectivity index is 0.000000261. The molecule has 68 valence electrons. The Morgan fingerprint density at radius 2 is 1.50 bits per heavy atom. The van der Waals surface area contributed by atoms with Crippen molar-refractivity contribution in [1.29, 1.82) is 0 Å². The number of hydrogen-bond acceptors (Lipinski definition) is 3. The number of carbonyl (C=O) groups excluding carboxylic acids is 2. The molecule has 12 heavy (non-hydrogen) atoms. The number of carboxylic acid groups (broad SMARTS) is 1. The summed E-state index contributed by atoms with van der Waals surface area (Å²) in [4.78, 5) is 29.6. The number of aliphatic carboxylic acids is 1. The van der Waals surface area contributed by atoms with E-state index >= 15 is 0 Å². The number of amides is 2. The van der Waals surface area contributed by atoms with Gasteiger partial charge in [0.1, 0.15) is 0 Å². The van der Waals surface area contributed by atoms with E-state index in [4.69, 9.17) is 9.90 Å². The van der Waals surface area contributed by atoms with Gasteiger partial charge in [-0.05, 0) is 0 Å². The highest BCUT2D eigenvalue weighted by atomic mass is 16.4. The van der Waals surface area contributed by atoms with E-state index < -0.39 is 5.97 Å². The minimum Gasteiger partial charge on any atom is -0.481 e. The van der Waals surface area contributed by atoms with Gasteiger partial charge in [0, 0.05) is 6.92 Å². The molecule has 1 heterocycles. The van der Waals surface area contributed by atoms with Crippen LogP contribution in [0.2, 0.25) is 0 Å². The molecule has 0 saturated carbocycles. The molecule has 0 spiro atoms. The monoisotopic (exact) mass is 174 g/mol. The lowest BCUT2D eigenvalue weighted by Crippen LogP contribution is -2.48. The van der Waals surface area contributed by atoms with Gasteiger partial charge in [-0.15, -0.1) is 0 Å². The molecule has 3 N–H and O–H groups in total. The van der Waals surface area contributed by atoms with Gasteiger partial charge >= 0.3 is 0 Å². The van der Waals surface area contributed by atoms with E-state index in [1.165, 1.54) is 0 Å². The molecule has 0 aromatic rings. The van der Waals surface area contributed by atoms with Crippen LogP contribution in [-0.2, 0) is 14.4 Å².